The molecule has 2 aromatic carbocycles. The first-order valence-corrected chi connectivity index (χ1v) is 10.2. The van der Waals surface area contributed by atoms with E-state index in [9.17, 15) is 8.42 Å². The number of ether oxygens (including phenoxy) is 1. The predicted octanol–water partition coefficient (Wildman–Crippen LogP) is 3.12. The summed E-state index contributed by atoms with van der Waals surface area (Å²) in [5.74, 6) is -0.276. The molecule has 4 nitrogen and oxygen atoms in total. The van der Waals surface area contributed by atoms with Gasteiger partial charge in [0.05, 0.1) is 22.3 Å². The van der Waals surface area contributed by atoms with Crippen molar-refractivity contribution in [1.82, 2.24) is 0 Å². The Morgan fingerprint density at radius 2 is 1.75 bits per heavy atom. The first kappa shape index (κ1) is 17.6. The van der Waals surface area contributed by atoms with Gasteiger partial charge in [-0.1, -0.05) is 46.3 Å². The van der Waals surface area contributed by atoms with E-state index < -0.39 is 20.6 Å². The highest BCUT2D eigenvalue weighted by molar-refractivity contribution is 9.10. The van der Waals surface area contributed by atoms with Crippen LogP contribution in [0.4, 0.5) is 0 Å². The molecule has 24 heavy (non-hydrogen) atoms. The van der Waals surface area contributed by atoms with Crippen molar-refractivity contribution in [3.63, 3.8) is 0 Å². The molecular weight excluding hydrogens is 390 g/mol. The highest BCUT2D eigenvalue weighted by atomic mass is 79.9. The van der Waals surface area contributed by atoms with Crippen LogP contribution in [0.15, 0.2) is 64.0 Å². The maximum absolute atomic E-state index is 13.1. The van der Waals surface area contributed by atoms with Crippen LogP contribution in [0.5, 0.6) is 0 Å². The zero-order valence-corrected chi connectivity index (χ0v) is 15.8. The van der Waals surface area contributed by atoms with E-state index in [2.05, 4.69) is 15.9 Å². The summed E-state index contributed by atoms with van der Waals surface area (Å²) in [5.41, 5.74) is 6.52. The molecule has 0 unspecified atom stereocenters. The van der Waals surface area contributed by atoms with Crippen LogP contribution in [0.1, 0.15) is 18.4 Å². The molecule has 2 N–H and O–H groups in total. The van der Waals surface area contributed by atoms with E-state index in [1.54, 1.807) is 30.3 Å². The van der Waals surface area contributed by atoms with Crippen molar-refractivity contribution in [3.05, 3.63) is 64.6 Å². The van der Waals surface area contributed by atoms with E-state index >= 15 is 0 Å². The van der Waals surface area contributed by atoms with Crippen LogP contribution in [-0.4, -0.2) is 32.4 Å². The lowest BCUT2D eigenvalue weighted by molar-refractivity contribution is 0.125. The largest absolute Gasteiger partial charge is 0.380 e. The average molecular weight is 410 g/mol. The van der Waals surface area contributed by atoms with E-state index in [1.165, 1.54) is 0 Å². The van der Waals surface area contributed by atoms with E-state index in [0.29, 0.717) is 11.5 Å². The quantitative estimate of drug-likeness (QED) is 0.795. The van der Waals surface area contributed by atoms with Crippen LogP contribution in [0.3, 0.4) is 0 Å². The highest BCUT2D eigenvalue weighted by Crippen LogP contribution is 2.55. The van der Waals surface area contributed by atoms with Crippen LogP contribution in [0, 0.1) is 0 Å². The minimum absolute atomic E-state index is 0.223. The molecule has 1 aliphatic carbocycles. The molecule has 0 heterocycles. The summed E-state index contributed by atoms with van der Waals surface area (Å²) in [7, 11) is -3.53. The number of nitrogens with two attached hydrogens (primary N) is 1. The third-order valence-electron chi connectivity index (χ3n) is 4.49. The molecule has 3 rings (SSSR count). The summed E-state index contributed by atoms with van der Waals surface area (Å²) < 4.78 is 32.6. The first-order valence-electron chi connectivity index (χ1n) is 7.82. The number of hydrogen-bond acceptors (Lipinski definition) is 4. The van der Waals surface area contributed by atoms with Gasteiger partial charge in [-0.05, 0) is 36.8 Å². The Bertz CT molecular complexity index is 808. The first-order chi connectivity index (χ1) is 11.4. The van der Waals surface area contributed by atoms with Crippen LogP contribution in [0.25, 0.3) is 0 Å². The molecule has 2 aromatic rings. The van der Waals surface area contributed by atoms with Gasteiger partial charge in [-0.15, -0.1) is 0 Å². The molecular formula is C18H20BrNO3S. The lowest BCUT2D eigenvalue weighted by atomic mass is 10.1. The molecule has 1 aliphatic rings. The van der Waals surface area contributed by atoms with Crippen LogP contribution >= 0.6 is 15.9 Å². The molecule has 0 aromatic heterocycles. The molecule has 0 amide bonds. The fraction of sp³-hybridized carbons (Fsp3) is 0.333. The Kier molecular flexibility index (Phi) is 4.84. The second kappa shape index (κ2) is 6.59. The smallest absolute Gasteiger partial charge is 0.183 e. The maximum atomic E-state index is 13.1. The summed E-state index contributed by atoms with van der Waals surface area (Å²) in [5, 5.41) is -0.680. The molecule has 3 atom stereocenters. The highest BCUT2D eigenvalue weighted by Gasteiger charge is 2.69. The van der Waals surface area contributed by atoms with Gasteiger partial charge in [-0.25, -0.2) is 8.42 Å². The number of halogens is 1. The minimum Gasteiger partial charge on any atom is -0.380 e. The third-order valence-corrected chi connectivity index (χ3v) is 7.33. The van der Waals surface area contributed by atoms with Gasteiger partial charge in [-0.3, -0.25) is 0 Å². The van der Waals surface area contributed by atoms with Crippen LogP contribution in [0.2, 0.25) is 0 Å². The van der Waals surface area contributed by atoms with Crippen molar-refractivity contribution in [1.29, 1.82) is 0 Å². The Balaban J connectivity index is 1.99. The fourth-order valence-electron chi connectivity index (χ4n) is 3.25. The molecule has 0 aliphatic heterocycles. The number of hydrogen-bond donors (Lipinski definition) is 1. The van der Waals surface area contributed by atoms with Gasteiger partial charge in [0, 0.05) is 17.0 Å². The van der Waals surface area contributed by atoms with Crippen molar-refractivity contribution in [3.8, 4) is 0 Å². The topological polar surface area (TPSA) is 69.4 Å². The molecule has 6 heteroatoms. The lowest BCUT2D eigenvalue weighted by Crippen LogP contribution is -2.36. The van der Waals surface area contributed by atoms with Gasteiger partial charge in [0.1, 0.15) is 0 Å². The molecule has 1 saturated carbocycles. The van der Waals surface area contributed by atoms with Crippen LogP contribution < -0.4 is 5.73 Å². The van der Waals surface area contributed by atoms with E-state index in [0.717, 1.165) is 10.0 Å². The fourth-order valence-corrected chi connectivity index (χ4v) is 5.83. The molecule has 0 bridgehead atoms. The van der Waals surface area contributed by atoms with Gasteiger partial charge in [0.25, 0.3) is 0 Å². The monoisotopic (exact) mass is 409 g/mol. The number of rotatable bonds is 6. The molecule has 1 fully saturated rings. The minimum atomic E-state index is -3.53. The summed E-state index contributed by atoms with van der Waals surface area (Å²) in [6.07, 6.45) is 0. The van der Waals surface area contributed by atoms with Gasteiger partial charge < -0.3 is 10.5 Å². The Labute approximate surface area is 151 Å². The summed E-state index contributed by atoms with van der Waals surface area (Å²) >= 11 is 3.40. The van der Waals surface area contributed by atoms with E-state index in [1.807, 2.05) is 31.2 Å². The standard InChI is InChI=1S/C18H20BrNO3S/c1-2-23-12-18(20)16(13-8-10-14(19)11-9-13)17(18)24(21,22)15-6-4-3-5-7-15/h3-11,16-17H,2,12,20H2,1H3/t16-,17-,18+/m0/s1. The van der Waals surface area contributed by atoms with Crippen LogP contribution in [-0.2, 0) is 14.6 Å². The average Bonchev–Trinajstić information content (AvgIpc) is 3.21. The second-order valence-corrected chi connectivity index (χ2v) is 9.04. The molecule has 0 spiro atoms. The summed E-state index contributed by atoms with van der Waals surface area (Å²) in [4.78, 5) is 0.306. The Morgan fingerprint density at radius 1 is 1.12 bits per heavy atom. The lowest BCUT2D eigenvalue weighted by Gasteiger charge is -2.12. The zero-order valence-electron chi connectivity index (χ0n) is 13.4. The molecule has 0 radical (unpaired) electrons. The number of benzene rings is 2. The summed E-state index contributed by atoms with van der Waals surface area (Å²) in [6.45, 7) is 2.60. The zero-order chi connectivity index (χ0) is 17.4. The van der Waals surface area contributed by atoms with Gasteiger partial charge >= 0.3 is 0 Å². The Hall–Kier alpha value is -1.21. The maximum Gasteiger partial charge on any atom is 0.183 e. The van der Waals surface area contributed by atoms with E-state index in [4.69, 9.17) is 10.5 Å². The second-order valence-electron chi connectivity index (χ2n) is 6.06. The normalized spacial score (nSPS) is 26.3. The van der Waals surface area contributed by atoms with Crippen molar-refractivity contribution < 1.29 is 13.2 Å². The van der Waals surface area contributed by atoms with Crippen molar-refractivity contribution >= 4 is 25.8 Å². The van der Waals surface area contributed by atoms with Crippen molar-refractivity contribution in [2.75, 3.05) is 13.2 Å². The van der Waals surface area contributed by atoms with Crippen molar-refractivity contribution in [2.24, 2.45) is 5.73 Å². The van der Waals surface area contributed by atoms with Gasteiger partial charge in [-0.2, -0.15) is 0 Å². The summed E-state index contributed by atoms with van der Waals surface area (Å²) in [6, 6.07) is 16.1. The van der Waals surface area contributed by atoms with Crippen molar-refractivity contribution in [2.45, 2.75) is 28.5 Å². The third kappa shape index (κ3) is 3.04. The predicted molar refractivity (Wildman–Crippen MR) is 97.7 cm³/mol. The van der Waals surface area contributed by atoms with Gasteiger partial charge in [0.2, 0.25) is 0 Å². The SMILES string of the molecule is CCOC[C@@]1(N)[C@@H](c2ccc(Br)cc2)[C@@H]1S(=O)(=O)c1ccccc1. The van der Waals surface area contributed by atoms with E-state index in [-0.39, 0.29) is 12.5 Å². The molecule has 0 saturated heterocycles. The van der Waals surface area contributed by atoms with Gasteiger partial charge in [0.15, 0.2) is 9.84 Å². The number of sulfone groups is 1. The Morgan fingerprint density at radius 3 is 2.33 bits per heavy atom. The molecule has 128 valence electrons.